The molecule has 0 bridgehead atoms. The molecule has 0 saturated heterocycles. The summed E-state index contributed by atoms with van der Waals surface area (Å²) in [5, 5.41) is 7.47. The molecule has 1 amide bonds. The molecule has 2 rings (SSSR count). The summed E-state index contributed by atoms with van der Waals surface area (Å²) in [7, 11) is 0. The number of amides is 1. The van der Waals surface area contributed by atoms with Crippen molar-refractivity contribution in [2.75, 3.05) is 18.5 Å². The molecular weight excluding hydrogens is 314 g/mol. The average Bonchev–Trinajstić information content (AvgIpc) is 2.56. The summed E-state index contributed by atoms with van der Waals surface area (Å²) >= 11 is 5.99. The number of hydrazone groups is 1. The monoisotopic (exact) mass is 331 g/mol. The Balaban J connectivity index is 1.78. The predicted octanol–water partition coefficient (Wildman–Crippen LogP) is 3.30. The van der Waals surface area contributed by atoms with Crippen LogP contribution in [0.2, 0.25) is 5.02 Å². The number of ether oxygens (including phenoxy) is 1. The summed E-state index contributed by atoms with van der Waals surface area (Å²) < 4.78 is 5.35. The molecule has 0 saturated carbocycles. The van der Waals surface area contributed by atoms with Gasteiger partial charge in [0, 0.05) is 16.3 Å². The minimum atomic E-state index is -0.248. The van der Waals surface area contributed by atoms with E-state index in [0.717, 1.165) is 17.0 Å². The van der Waals surface area contributed by atoms with Crippen LogP contribution >= 0.6 is 11.6 Å². The molecule has 120 valence electrons. The van der Waals surface area contributed by atoms with Gasteiger partial charge < -0.3 is 10.1 Å². The van der Waals surface area contributed by atoms with Crippen LogP contribution in [0.3, 0.4) is 0 Å². The van der Waals surface area contributed by atoms with Gasteiger partial charge in [-0.2, -0.15) is 5.10 Å². The number of rotatable bonds is 7. The highest BCUT2D eigenvalue weighted by Crippen LogP contribution is 2.15. The highest BCUT2D eigenvalue weighted by molar-refractivity contribution is 6.33. The Morgan fingerprint density at radius 1 is 1.22 bits per heavy atom. The Labute approximate surface area is 140 Å². The molecule has 0 radical (unpaired) electrons. The normalized spacial score (nSPS) is 10.5. The highest BCUT2D eigenvalue weighted by atomic mass is 35.5. The number of carbonyl (C=O) groups is 1. The fraction of sp³-hybridized carbons (Fsp3) is 0.176. The van der Waals surface area contributed by atoms with Gasteiger partial charge in [0.15, 0.2) is 0 Å². The zero-order chi connectivity index (χ0) is 16.5. The molecule has 0 aromatic heterocycles. The maximum atomic E-state index is 11.7. The second kappa shape index (κ2) is 8.80. The van der Waals surface area contributed by atoms with Crippen LogP contribution in [0.15, 0.2) is 53.6 Å². The number of carbonyl (C=O) groups excluding carboxylic acids is 1. The number of nitrogens with one attached hydrogen (secondary N) is 2. The lowest BCUT2D eigenvalue weighted by Crippen LogP contribution is -2.25. The Kier molecular flexibility index (Phi) is 6.44. The number of hydrogen-bond acceptors (Lipinski definition) is 4. The van der Waals surface area contributed by atoms with Crippen molar-refractivity contribution in [1.29, 1.82) is 0 Å². The minimum absolute atomic E-state index is 0.119. The second-order valence-corrected chi connectivity index (χ2v) is 5.03. The maximum absolute atomic E-state index is 11.7. The minimum Gasteiger partial charge on any atom is -0.494 e. The predicted molar refractivity (Wildman–Crippen MR) is 93.3 cm³/mol. The van der Waals surface area contributed by atoms with Gasteiger partial charge in [0.25, 0.3) is 5.91 Å². The number of benzene rings is 2. The van der Waals surface area contributed by atoms with Crippen molar-refractivity contribution in [2.24, 2.45) is 5.10 Å². The van der Waals surface area contributed by atoms with E-state index in [0.29, 0.717) is 11.6 Å². The van der Waals surface area contributed by atoms with Gasteiger partial charge in [-0.1, -0.05) is 29.8 Å². The molecule has 0 fully saturated rings. The lowest BCUT2D eigenvalue weighted by Gasteiger charge is -2.07. The van der Waals surface area contributed by atoms with Crippen molar-refractivity contribution < 1.29 is 9.53 Å². The summed E-state index contributed by atoms with van der Waals surface area (Å²) in [6.45, 7) is 2.67. The second-order valence-electron chi connectivity index (χ2n) is 4.63. The summed E-state index contributed by atoms with van der Waals surface area (Å²) in [6.07, 6.45) is 1.51. The molecule has 0 aliphatic rings. The summed E-state index contributed by atoms with van der Waals surface area (Å²) in [5.74, 6) is 0.550. The summed E-state index contributed by atoms with van der Waals surface area (Å²) in [6, 6.07) is 14.7. The third kappa shape index (κ3) is 5.64. The van der Waals surface area contributed by atoms with Gasteiger partial charge in [-0.3, -0.25) is 4.79 Å². The van der Waals surface area contributed by atoms with Gasteiger partial charge in [-0.25, -0.2) is 5.43 Å². The molecular formula is C17H18ClN3O2. The third-order valence-corrected chi connectivity index (χ3v) is 3.26. The third-order valence-electron chi connectivity index (χ3n) is 2.92. The van der Waals surface area contributed by atoms with Crippen LogP contribution in [0.4, 0.5) is 5.69 Å². The first-order valence-corrected chi connectivity index (χ1v) is 7.60. The van der Waals surface area contributed by atoms with Gasteiger partial charge >= 0.3 is 0 Å². The van der Waals surface area contributed by atoms with Crippen molar-refractivity contribution >= 4 is 29.4 Å². The molecule has 23 heavy (non-hydrogen) atoms. The highest BCUT2D eigenvalue weighted by Gasteiger charge is 2.00. The van der Waals surface area contributed by atoms with Gasteiger partial charge in [-0.05, 0) is 37.3 Å². The molecule has 6 heteroatoms. The lowest BCUT2D eigenvalue weighted by atomic mass is 10.2. The zero-order valence-corrected chi connectivity index (χ0v) is 13.5. The summed E-state index contributed by atoms with van der Waals surface area (Å²) in [4.78, 5) is 11.7. The lowest BCUT2D eigenvalue weighted by molar-refractivity contribution is -0.119. The quantitative estimate of drug-likeness (QED) is 0.604. The fourth-order valence-corrected chi connectivity index (χ4v) is 2.00. The van der Waals surface area contributed by atoms with E-state index in [1.807, 2.05) is 49.4 Å². The van der Waals surface area contributed by atoms with Gasteiger partial charge in [0.05, 0.1) is 19.4 Å². The van der Waals surface area contributed by atoms with E-state index in [1.165, 1.54) is 6.21 Å². The fourth-order valence-electron chi connectivity index (χ4n) is 1.81. The molecule has 2 aromatic rings. The Morgan fingerprint density at radius 3 is 2.65 bits per heavy atom. The van der Waals surface area contributed by atoms with Crippen LogP contribution in [0, 0.1) is 0 Å². The molecule has 0 aliphatic carbocycles. The number of anilines is 1. The van der Waals surface area contributed by atoms with E-state index in [9.17, 15) is 4.79 Å². The van der Waals surface area contributed by atoms with Gasteiger partial charge in [0.2, 0.25) is 0 Å². The molecule has 0 unspecified atom stereocenters. The van der Waals surface area contributed by atoms with E-state index in [-0.39, 0.29) is 12.5 Å². The Morgan fingerprint density at radius 2 is 1.96 bits per heavy atom. The average molecular weight is 332 g/mol. The molecule has 2 N–H and O–H groups in total. The van der Waals surface area contributed by atoms with E-state index < -0.39 is 0 Å². The van der Waals surface area contributed by atoms with Crippen LogP contribution in [0.25, 0.3) is 0 Å². The van der Waals surface area contributed by atoms with Crippen LogP contribution < -0.4 is 15.5 Å². The van der Waals surface area contributed by atoms with Crippen molar-refractivity contribution in [3.05, 3.63) is 59.1 Å². The topological polar surface area (TPSA) is 62.7 Å². The van der Waals surface area contributed by atoms with Crippen molar-refractivity contribution in [3.8, 4) is 5.75 Å². The number of halogens is 1. The standard InChI is InChI=1S/C17H18ClN3O2/c1-2-23-15-9-7-14(8-10-15)19-12-17(22)21-20-11-13-5-3-4-6-16(13)18/h3-11,19H,2,12H2,1H3,(H,21,22)/b20-11+. The van der Waals surface area contributed by atoms with E-state index >= 15 is 0 Å². The first kappa shape index (κ1) is 16.8. The first-order valence-electron chi connectivity index (χ1n) is 7.22. The van der Waals surface area contributed by atoms with Crippen LogP contribution in [-0.2, 0) is 4.79 Å². The van der Waals surface area contributed by atoms with Crippen LogP contribution in [-0.4, -0.2) is 25.3 Å². The molecule has 5 nitrogen and oxygen atoms in total. The molecule has 0 spiro atoms. The SMILES string of the molecule is CCOc1ccc(NCC(=O)N/N=C/c2ccccc2Cl)cc1. The summed E-state index contributed by atoms with van der Waals surface area (Å²) in [5.41, 5.74) is 4.02. The van der Waals surface area contributed by atoms with Crippen molar-refractivity contribution in [1.82, 2.24) is 5.43 Å². The van der Waals surface area contributed by atoms with Crippen molar-refractivity contribution in [2.45, 2.75) is 6.92 Å². The van der Waals surface area contributed by atoms with E-state index in [2.05, 4.69) is 15.8 Å². The molecule has 0 atom stereocenters. The molecule has 0 aliphatic heterocycles. The molecule has 0 heterocycles. The van der Waals surface area contributed by atoms with E-state index in [4.69, 9.17) is 16.3 Å². The van der Waals surface area contributed by atoms with Crippen LogP contribution in [0.5, 0.6) is 5.75 Å². The maximum Gasteiger partial charge on any atom is 0.259 e. The first-order chi connectivity index (χ1) is 11.2. The van der Waals surface area contributed by atoms with Crippen molar-refractivity contribution in [3.63, 3.8) is 0 Å². The zero-order valence-electron chi connectivity index (χ0n) is 12.8. The van der Waals surface area contributed by atoms with Gasteiger partial charge in [-0.15, -0.1) is 0 Å². The van der Waals surface area contributed by atoms with Crippen LogP contribution in [0.1, 0.15) is 12.5 Å². The molecule has 2 aromatic carbocycles. The largest absolute Gasteiger partial charge is 0.494 e. The van der Waals surface area contributed by atoms with E-state index in [1.54, 1.807) is 6.07 Å². The number of hydrogen-bond donors (Lipinski definition) is 2. The van der Waals surface area contributed by atoms with Gasteiger partial charge in [0.1, 0.15) is 5.75 Å². The smallest absolute Gasteiger partial charge is 0.259 e. The Bertz CT molecular complexity index is 672. The number of nitrogens with zero attached hydrogens (tertiary/aromatic N) is 1. The Hall–Kier alpha value is -2.53.